The first kappa shape index (κ1) is 31.1. The van der Waals surface area contributed by atoms with Crippen LogP contribution in [0.2, 0.25) is 0 Å². The van der Waals surface area contributed by atoms with Gasteiger partial charge in [-0.2, -0.15) is 0 Å². The Bertz CT molecular complexity index is 946. The van der Waals surface area contributed by atoms with Crippen LogP contribution < -0.4 is 10.1 Å². The molecule has 2 aromatic rings. The van der Waals surface area contributed by atoms with E-state index in [1.54, 1.807) is 24.0 Å². The monoisotopic (exact) mass is 528 g/mol. The van der Waals surface area contributed by atoms with E-state index in [0.29, 0.717) is 51.2 Å². The fourth-order valence-corrected chi connectivity index (χ4v) is 3.83. The molecule has 1 atom stereocenters. The molecular weight excluding hydrogens is 484 g/mol. The van der Waals surface area contributed by atoms with Crippen LogP contribution in [0.1, 0.15) is 64.0 Å². The van der Waals surface area contributed by atoms with Crippen molar-refractivity contribution in [2.75, 3.05) is 44.8 Å². The van der Waals surface area contributed by atoms with Gasteiger partial charge in [0.15, 0.2) is 6.10 Å². The van der Waals surface area contributed by atoms with Gasteiger partial charge in [-0.3, -0.25) is 0 Å². The molecule has 0 radical (unpaired) electrons. The van der Waals surface area contributed by atoms with Gasteiger partial charge in [-0.05, 0) is 54.7 Å². The van der Waals surface area contributed by atoms with Crippen molar-refractivity contribution < 1.29 is 28.9 Å². The number of hydrogen-bond acceptors (Lipinski definition) is 5. The molecule has 0 aliphatic rings. The molecule has 0 bridgehead atoms. The molecule has 2 N–H and O–H groups in total. The van der Waals surface area contributed by atoms with E-state index in [2.05, 4.69) is 26.1 Å². The summed E-state index contributed by atoms with van der Waals surface area (Å²) in [4.78, 5) is 26.1. The Labute approximate surface area is 227 Å². The molecule has 2 aromatic carbocycles. The Balaban J connectivity index is 1.91. The summed E-state index contributed by atoms with van der Waals surface area (Å²) in [5, 5.41) is 12.3. The van der Waals surface area contributed by atoms with Crippen molar-refractivity contribution in [1.29, 1.82) is 0 Å². The summed E-state index contributed by atoms with van der Waals surface area (Å²) in [5.74, 6) is 0.101. The molecule has 2 amide bonds. The minimum Gasteiger partial charge on any atom is -0.492 e. The number of nitrogens with one attached hydrogen (secondary N) is 1. The van der Waals surface area contributed by atoms with Crippen LogP contribution in [0.4, 0.5) is 10.5 Å². The molecule has 0 saturated carbocycles. The highest BCUT2D eigenvalue weighted by Crippen LogP contribution is 2.18. The van der Waals surface area contributed by atoms with Crippen molar-refractivity contribution in [3.8, 4) is 5.75 Å². The van der Waals surface area contributed by atoms with Crippen molar-refractivity contribution >= 4 is 17.7 Å². The quantitative estimate of drug-likeness (QED) is 0.232. The summed E-state index contributed by atoms with van der Waals surface area (Å²) in [5.41, 5.74) is 2.82. The molecule has 0 aliphatic carbocycles. The summed E-state index contributed by atoms with van der Waals surface area (Å²) in [6.07, 6.45) is 2.70. The first-order chi connectivity index (χ1) is 18.3. The number of anilines is 1. The van der Waals surface area contributed by atoms with E-state index in [-0.39, 0.29) is 12.5 Å². The lowest BCUT2D eigenvalue weighted by Crippen LogP contribution is -2.40. The third-order valence-corrected chi connectivity index (χ3v) is 6.13. The summed E-state index contributed by atoms with van der Waals surface area (Å²) in [7, 11) is 0. The number of carbonyl (C=O) groups is 2. The number of unbranched alkanes of at least 4 members (excludes halogenated alkanes) is 2. The van der Waals surface area contributed by atoms with Crippen LogP contribution in [-0.4, -0.2) is 67.6 Å². The topological polar surface area (TPSA) is 97.3 Å². The molecular formula is C30H44N2O6. The fourth-order valence-electron chi connectivity index (χ4n) is 3.83. The SMILES string of the molecule is CCCCCOCCN(CCOc1ccc(CC(OCC)C(=O)O)cc1)C(=O)Nc1ccc(C(C)C)cc1. The van der Waals surface area contributed by atoms with Gasteiger partial charge in [0.25, 0.3) is 0 Å². The zero-order valence-corrected chi connectivity index (χ0v) is 23.3. The van der Waals surface area contributed by atoms with Gasteiger partial charge < -0.3 is 29.5 Å². The summed E-state index contributed by atoms with van der Waals surface area (Å²) in [6.45, 7) is 10.9. The normalized spacial score (nSPS) is 11.8. The predicted octanol–water partition coefficient (Wildman–Crippen LogP) is 5.96. The number of urea groups is 1. The summed E-state index contributed by atoms with van der Waals surface area (Å²) in [6, 6.07) is 15.0. The first-order valence-electron chi connectivity index (χ1n) is 13.6. The number of amides is 2. The largest absolute Gasteiger partial charge is 0.492 e. The Kier molecular flexibility index (Phi) is 14.3. The third kappa shape index (κ3) is 11.5. The zero-order chi connectivity index (χ0) is 27.8. The van der Waals surface area contributed by atoms with E-state index in [1.807, 2.05) is 36.4 Å². The molecule has 0 saturated heterocycles. The number of carbonyl (C=O) groups excluding carboxylic acids is 1. The van der Waals surface area contributed by atoms with E-state index in [4.69, 9.17) is 14.2 Å². The number of hydrogen-bond donors (Lipinski definition) is 2. The van der Waals surface area contributed by atoms with Gasteiger partial charge in [-0.25, -0.2) is 9.59 Å². The van der Waals surface area contributed by atoms with Gasteiger partial charge in [-0.15, -0.1) is 0 Å². The number of carboxylic acids is 1. The number of rotatable bonds is 18. The van der Waals surface area contributed by atoms with Crippen molar-refractivity contribution in [3.05, 3.63) is 59.7 Å². The third-order valence-electron chi connectivity index (χ3n) is 6.13. The molecule has 38 heavy (non-hydrogen) atoms. The van der Waals surface area contributed by atoms with Crippen LogP contribution in [0.25, 0.3) is 0 Å². The highest BCUT2D eigenvalue weighted by Gasteiger charge is 2.18. The van der Waals surface area contributed by atoms with Crippen molar-refractivity contribution in [2.45, 2.75) is 65.4 Å². The van der Waals surface area contributed by atoms with Gasteiger partial charge in [0.05, 0.1) is 13.2 Å². The lowest BCUT2D eigenvalue weighted by atomic mass is 10.0. The number of ether oxygens (including phenoxy) is 3. The van der Waals surface area contributed by atoms with Crippen molar-refractivity contribution in [2.24, 2.45) is 0 Å². The molecule has 8 heteroatoms. The molecule has 8 nitrogen and oxygen atoms in total. The Morgan fingerprint density at radius 3 is 2.21 bits per heavy atom. The highest BCUT2D eigenvalue weighted by molar-refractivity contribution is 5.89. The second kappa shape index (κ2) is 17.4. The predicted molar refractivity (Wildman–Crippen MR) is 150 cm³/mol. The lowest BCUT2D eigenvalue weighted by molar-refractivity contribution is -0.149. The second-order valence-corrected chi connectivity index (χ2v) is 9.49. The molecule has 0 spiro atoms. The molecule has 1 unspecified atom stereocenters. The molecule has 0 fully saturated rings. The van der Waals surface area contributed by atoms with Crippen molar-refractivity contribution in [3.63, 3.8) is 0 Å². The minimum absolute atomic E-state index is 0.200. The van der Waals surface area contributed by atoms with Crippen LogP contribution >= 0.6 is 0 Å². The molecule has 0 heterocycles. The van der Waals surface area contributed by atoms with E-state index < -0.39 is 12.1 Å². The summed E-state index contributed by atoms with van der Waals surface area (Å²) >= 11 is 0. The fraction of sp³-hybridized carbons (Fsp3) is 0.533. The second-order valence-electron chi connectivity index (χ2n) is 9.49. The molecule has 0 aliphatic heterocycles. The Hall–Kier alpha value is -3.10. The van der Waals surface area contributed by atoms with E-state index in [0.717, 1.165) is 30.5 Å². The molecule has 2 rings (SSSR count). The van der Waals surface area contributed by atoms with Gasteiger partial charge >= 0.3 is 12.0 Å². The van der Waals surface area contributed by atoms with Crippen molar-refractivity contribution in [1.82, 2.24) is 4.90 Å². The van der Waals surface area contributed by atoms with E-state index in [1.165, 1.54) is 5.56 Å². The van der Waals surface area contributed by atoms with Crippen LogP contribution in [0, 0.1) is 0 Å². The van der Waals surface area contributed by atoms with Crippen LogP contribution in [0.3, 0.4) is 0 Å². The maximum atomic E-state index is 13.0. The number of carboxylic acid groups (broad SMARTS) is 1. The van der Waals surface area contributed by atoms with Gasteiger partial charge in [0, 0.05) is 31.9 Å². The summed E-state index contributed by atoms with van der Waals surface area (Å²) < 4.78 is 16.9. The van der Waals surface area contributed by atoms with Gasteiger partial charge in [0.1, 0.15) is 12.4 Å². The Morgan fingerprint density at radius 2 is 1.61 bits per heavy atom. The maximum Gasteiger partial charge on any atom is 0.333 e. The number of benzene rings is 2. The lowest BCUT2D eigenvalue weighted by Gasteiger charge is -2.23. The molecule has 210 valence electrons. The average molecular weight is 529 g/mol. The van der Waals surface area contributed by atoms with Crippen LogP contribution in [0.5, 0.6) is 5.75 Å². The van der Waals surface area contributed by atoms with Gasteiger partial charge in [-0.1, -0.05) is 57.9 Å². The van der Waals surface area contributed by atoms with Gasteiger partial charge in [0.2, 0.25) is 0 Å². The standard InChI is InChI=1S/C30H44N2O6/c1-5-7-8-19-36-20-17-32(30(35)31-26-13-11-25(12-14-26)23(3)4)18-21-38-27-15-9-24(10-16-27)22-28(29(33)34)37-6-2/h9-16,23,28H,5-8,17-22H2,1-4H3,(H,31,35)(H,33,34). The Morgan fingerprint density at radius 1 is 0.921 bits per heavy atom. The molecule has 0 aromatic heterocycles. The smallest absolute Gasteiger partial charge is 0.333 e. The maximum absolute atomic E-state index is 13.0. The zero-order valence-electron chi connectivity index (χ0n) is 23.3. The van der Waals surface area contributed by atoms with Crippen LogP contribution in [0.15, 0.2) is 48.5 Å². The van der Waals surface area contributed by atoms with E-state index in [9.17, 15) is 14.7 Å². The highest BCUT2D eigenvalue weighted by atomic mass is 16.5. The first-order valence-corrected chi connectivity index (χ1v) is 13.6. The number of nitrogens with zero attached hydrogens (tertiary/aromatic N) is 1. The van der Waals surface area contributed by atoms with Crippen LogP contribution in [-0.2, 0) is 20.7 Å². The minimum atomic E-state index is -0.976. The van der Waals surface area contributed by atoms with E-state index >= 15 is 0 Å². The average Bonchev–Trinajstić information content (AvgIpc) is 2.90. The number of aliphatic carboxylic acids is 1.